The Morgan fingerprint density at radius 2 is 2.32 bits per heavy atom. The van der Waals surface area contributed by atoms with E-state index in [1.54, 1.807) is 24.6 Å². The first-order valence-electron chi connectivity index (χ1n) is 7.77. The van der Waals surface area contributed by atoms with Crippen LogP contribution in [0.25, 0.3) is 11.6 Å². The number of furan rings is 1. The number of hydrogen-bond acceptors (Lipinski definition) is 5. The maximum atomic E-state index is 5.98. The van der Waals surface area contributed by atoms with Crippen LogP contribution in [0, 0.1) is 0 Å². The van der Waals surface area contributed by atoms with Gasteiger partial charge in [-0.1, -0.05) is 11.6 Å². The largest absolute Gasteiger partial charge is 0.461 e. The molecule has 0 bridgehead atoms. The van der Waals surface area contributed by atoms with Gasteiger partial charge in [-0.05, 0) is 24.3 Å². The number of hydrogen-bond donors (Lipinski definition) is 2. The third kappa shape index (κ3) is 4.61. The van der Waals surface area contributed by atoms with E-state index in [-0.39, 0.29) is 0 Å². The average molecular weight is 379 g/mol. The lowest BCUT2D eigenvalue weighted by molar-refractivity contribution is 0.481. The van der Waals surface area contributed by atoms with E-state index in [2.05, 4.69) is 30.4 Å². The van der Waals surface area contributed by atoms with Crippen molar-refractivity contribution in [1.82, 2.24) is 25.4 Å². The monoisotopic (exact) mass is 378 g/mol. The third-order valence-corrected chi connectivity index (χ3v) is 4.73. The van der Waals surface area contributed by atoms with Gasteiger partial charge in [0.1, 0.15) is 5.82 Å². The van der Waals surface area contributed by atoms with Crippen molar-refractivity contribution in [2.24, 2.45) is 4.99 Å². The van der Waals surface area contributed by atoms with Crippen LogP contribution in [0.3, 0.4) is 0 Å². The number of thiophene rings is 1. The molecule has 0 unspecified atom stereocenters. The Labute approximate surface area is 154 Å². The fourth-order valence-electron chi connectivity index (χ4n) is 2.35. The van der Waals surface area contributed by atoms with E-state index in [9.17, 15) is 0 Å². The van der Waals surface area contributed by atoms with E-state index >= 15 is 0 Å². The fourth-order valence-corrected chi connectivity index (χ4v) is 3.49. The zero-order valence-corrected chi connectivity index (χ0v) is 15.6. The zero-order valence-electron chi connectivity index (χ0n) is 14.0. The molecule has 7 nitrogen and oxygen atoms in total. The minimum absolute atomic E-state index is 0.566. The Morgan fingerprint density at radius 1 is 1.44 bits per heavy atom. The summed E-state index contributed by atoms with van der Waals surface area (Å²) in [6.07, 6.45) is 2.30. The van der Waals surface area contributed by atoms with Crippen molar-refractivity contribution in [3.8, 4) is 11.6 Å². The number of aromatic nitrogens is 3. The van der Waals surface area contributed by atoms with Crippen LogP contribution in [0.1, 0.15) is 10.7 Å². The molecule has 0 aliphatic carbocycles. The Kier molecular flexibility index (Phi) is 5.72. The topological polar surface area (TPSA) is 82.3 Å². The van der Waals surface area contributed by atoms with E-state index in [0.29, 0.717) is 24.6 Å². The summed E-state index contributed by atoms with van der Waals surface area (Å²) in [6.45, 7) is 1.44. The van der Waals surface area contributed by atoms with Crippen molar-refractivity contribution in [1.29, 1.82) is 0 Å². The summed E-state index contributed by atoms with van der Waals surface area (Å²) in [5.74, 6) is 2.83. The number of aromatic amines is 1. The van der Waals surface area contributed by atoms with Crippen LogP contribution in [0.5, 0.6) is 0 Å². The summed E-state index contributed by atoms with van der Waals surface area (Å²) in [5.41, 5.74) is 0. The first-order chi connectivity index (χ1) is 12.2. The van der Waals surface area contributed by atoms with Gasteiger partial charge < -0.3 is 14.6 Å². The number of H-pyrrole nitrogens is 1. The molecule has 0 aliphatic rings. The van der Waals surface area contributed by atoms with Crippen molar-refractivity contribution in [3.63, 3.8) is 0 Å². The second kappa shape index (κ2) is 8.17. The first kappa shape index (κ1) is 17.5. The molecule has 0 saturated heterocycles. The lowest BCUT2D eigenvalue weighted by atomic mass is 10.4. The molecule has 132 valence electrons. The standard InChI is InChI=1S/C16H19ClN6OS/c1-18-16(23(2)10-11-5-6-13(17)25-11)19-8-7-14-20-15(22-21-14)12-4-3-9-24-12/h3-6,9H,7-8,10H2,1-2H3,(H,18,19)(H,20,21,22). The Morgan fingerprint density at radius 3 is 3.00 bits per heavy atom. The molecule has 3 aromatic rings. The molecular weight excluding hydrogens is 360 g/mol. The van der Waals surface area contributed by atoms with E-state index < -0.39 is 0 Å². The van der Waals surface area contributed by atoms with Gasteiger partial charge in [-0.2, -0.15) is 5.10 Å². The summed E-state index contributed by atoms with van der Waals surface area (Å²) < 4.78 is 6.08. The van der Waals surface area contributed by atoms with Crippen LogP contribution in [0.2, 0.25) is 4.34 Å². The third-order valence-electron chi connectivity index (χ3n) is 3.51. The number of rotatable bonds is 6. The van der Waals surface area contributed by atoms with E-state index in [4.69, 9.17) is 16.0 Å². The second-order valence-electron chi connectivity index (χ2n) is 5.37. The molecule has 0 saturated carbocycles. The van der Waals surface area contributed by atoms with Crippen molar-refractivity contribution in [2.75, 3.05) is 20.6 Å². The van der Waals surface area contributed by atoms with Gasteiger partial charge in [0.2, 0.25) is 5.82 Å². The molecule has 3 aromatic heterocycles. The van der Waals surface area contributed by atoms with Gasteiger partial charge in [0.05, 0.1) is 17.1 Å². The van der Waals surface area contributed by atoms with Crippen LogP contribution >= 0.6 is 22.9 Å². The predicted molar refractivity (Wildman–Crippen MR) is 99.9 cm³/mol. The smallest absolute Gasteiger partial charge is 0.216 e. The van der Waals surface area contributed by atoms with Gasteiger partial charge >= 0.3 is 0 Å². The number of aliphatic imine (C=N–C) groups is 1. The molecule has 0 atom stereocenters. The summed E-state index contributed by atoms with van der Waals surface area (Å²) in [4.78, 5) is 12.0. The number of nitrogens with zero attached hydrogens (tertiary/aromatic N) is 4. The van der Waals surface area contributed by atoms with Gasteiger partial charge in [-0.25, -0.2) is 4.98 Å². The Balaban J connectivity index is 1.50. The molecule has 3 rings (SSSR count). The quantitative estimate of drug-likeness (QED) is 0.509. The minimum atomic E-state index is 0.566. The van der Waals surface area contributed by atoms with E-state index in [1.807, 2.05) is 31.3 Å². The summed E-state index contributed by atoms with van der Waals surface area (Å²) >= 11 is 7.55. The maximum absolute atomic E-state index is 5.98. The van der Waals surface area contributed by atoms with Gasteiger partial charge in [-0.15, -0.1) is 11.3 Å². The highest BCUT2D eigenvalue weighted by Gasteiger charge is 2.10. The van der Waals surface area contributed by atoms with Gasteiger partial charge in [-0.3, -0.25) is 10.1 Å². The summed E-state index contributed by atoms with van der Waals surface area (Å²) in [7, 11) is 3.76. The lowest BCUT2D eigenvalue weighted by Gasteiger charge is -2.21. The highest BCUT2D eigenvalue weighted by molar-refractivity contribution is 7.16. The van der Waals surface area contributed by atoms with Crippen LogP contribution in [-0.4, -0.2) is 46.7 Å². The Hall–Kier alpha value is -2.32. The summed E-state index contributed by atoms with van der Waals surface area (Å²) in [5, 5.41) is 10.4. The lowest BCUT2D eigenvalue weighted by Crippen LogP contribution is -2.39. The normalized spacial score (nSPS) is 11.7. The average Bonchev–Trinajstić information content (AvgIpc) is 3.33. The number of guanidine groups is 1. The minimum Gasteiger partial charge on any atom is -0.461 e. The molecule has 25 heavy (non-hydrogen) atoms. The molecule has 9 heteroatoms. The highest BCUT2D eigenvalue weighted by Crippen LogP contribution is 2.22. The molecule has 0 amide bonds. The van der Waals surface area contributed by atoms with Crippen LogP contribution in [0.15, 0.2) is 39.9 Å². The van der Waals surface area contributed by atoms with Crippen molar-refractivity contribution in [2.45, 2.75) is 13.0 Å². The van der Waals surface area contributed by atoms with Crippen LogP contribution in [-0.2, 0) is 13.0 Å². The fraction of sp³-hybridized carbons (Fsp3) is 0.312. The summed E-state index contributed by atoms with van der Waals surface area (Å²) in [6, 6.07) is 7.58. The highest BCUT2D eigenvalue weighted by atomic mass is 35.5. The van der Waals surface area contributed by atoms with E-state index in [1.165, 1.54) is 4.88 Å². The van der Waals surface area contributed by atoms with Crippen molar-refractivity contribution in [3.05, 3.63) is 45.6 Å². The van der Waals surface area contributed by atoms with Gasteiger partial charge in [0, 0.05) is 31.9 Å². The second-order valence-corrected chi connectivity index (χ2v) is 7.17. The molecule has 0 aliphatic heterocycles. The maximum Gasteiger partial charge on any atom is 0.216 e. The predicted octanol–water partition coefficient (Wildman–Crippen LogP) is 3.03. The van der Waals surface area contributed by atoms with Crippen molar-refractivity contribution < 1.29 is 4.42 Å². The number of nitrogens with one attached hydrogen (secondary N) is 2. The zero-order chi connectivity index (χ0) is 17.6. The molecule has 0 fully saturated rings. The molecule has 2 N–H and O–H groups in total. The molecule has 0 radical (unpaired) electrons. The molecule has 0 aromatic carbocycles. The SMILES string of the molecule is CN=C(NCCc1nc(-c2ccco2)n[nH]1)N(C)Cc1ccc(Cl)s1. The van der Waals surface area contributed by atoms with Gasteiger partial charge in [0.15, 0.2) is 11.7 Å². The van der Waals surface area contributed by atoms with Gasteiger partial charge in [0.25, 0.3) is 0 Å². The molecule has 0 spiro atoms. The molecule has 3 heterocycles. The van der Waals surface area contributed by atoms with Crippen molar-refractivity contribution >= 4 is 28.9 Å². The first-order valence-corrected chi connectivity index (χ1v) is 8.96. The number of halogens is 1. The Bertz CT molecular complexity index is 825. The van der Waals surface area contributed by atoms with Crippen LogP contribution < -0.4 is 5.32 Å². The molecular formula is C16H19ClN6OS. The van der Waals surface area contributed by atoms with E-state index in [0.717, 1.165) is 22.7 Å². The van der Waals surface area contributed by atoms with Crippen LogP contribution in [0.4, 0.5) is 0 Å².